The molecule has 1 aromatic heterocycles. The summed E-state index contributed by atoms with van der Waals surface area (Å²) in [6.45, 7) is 4.88. The number of nitrogens with zero attached hydrogens (tertiary/aromatic N) is 2. The number of hydrogen-bond acceptors (Lipinski definition) is 4. The van der Waals surface area contributed by atoms with Gasteiger partial charge in [0.1, 0.15) is 16.7 Å². The van der Waals surface area contributed by atoms with E-state index in [0.29, 0.717) is 16.3 Å². The van der Waals surface area contributed by atoms with Crippen LogP contribution in [0.2, 0.25) is 0 Å². The van der Waals surface area contributed by atoms with Crippen LogP contribution in [0.25, 0.3) is 0 Å². The van der Waals surface area contributed by atoms with Gasteiger partial charge >= 0.3 is 0 Å². The molecule has 1 heterocycles. The normalized spacial score (nSPS) is 10.7. The summed E-state index contributed by atoms with van der Waals surface area (Å²) in [4.78, 5) is 9.40. The first kappa shape index (κ1) is 15.7. The van der Waals surface area contributed by atoms with E-state index in [2.05, 4.69) is 22.2 Å². The van der Waals surface area contributed by atoms with Crippen LogP contribution >= 0.6 is 11.8 Å². The van der Waals surface area contributed by atoms with Crippen LogP contribution in [-0.2, 0) is 6.42 Å². The molecule has 0 unspecified atom stereocenters. The zero-order valence-corrected chi connectivity index (χ0v) is 12.8. The Bertz CT molecular complexity index is 620. The second-order valence-corrected chi connectivity index (χ2v) is 5.56. The van der Waals surface area contributed by atoms with Gasteiger partial charge in [0.25, 0.3) is 0 Å². The molecule has 2 aromatic rings. The standard InChI is InChI=1S/C15H17F2N3S/c1-3-7-18-14-9-15(20-13(4-2)19-14)21-10-5-6-11(16)12(17)8-10/h5-6,8-9H,3-4,7H2,1-2H3,(H,18,19,20). The summed E-state index contributed by atoms with van der Waals surface area (Å²) in [5, 5.41) is 3.93. The van der Waals surface area contributed by atoms with Crippen molar-refractivity contribution in [1.82, 2.24) is 9.97 Å². The van der Waals surface area contributed by atoms with Gasteiger partial charge < -0.3 is 5.32 Å². The van der Waals surface area contributed by atoms with Crippen LogP contribution in [0.1, 0.15) is 26.1 Å². The van der Waals surface area contributed by atoms with Gasteiger partial charge in [0, 0.05) is 23.9 Å². The van der Waals surface area contributed by atoms with E-state index in [4.69, 9.17) is 0 Å². The van der Waals surface area contributed by atoms with Crippen molar-refractivity contribution >= 4 is 17.6 Å². The van der Waals surface area contributed by atoms with Crippen molar-refractivity contribution in [3.63, 3.8) is 0 Å². The van der Waals surface area contributed by atoms with Gasteiger partial charge in [0.05, 0.1) is 0 Å². The summed E-state index contributed by atoms with van der Waals surface area (Å²) in [5.74, 6) is -0.217. The second kappa shape index (κ2) is 7.36. The molecule has 0 spiro atoms. The largest absolute Gasteiger partial charge is 0.370 e. The molecule has 21 heavy (non-hydrogen) atoms. The van der Waals surface area contributed by atoms with Gasteiger partial charge in [-0.05, 0) is 24.6 Å². The molecule has 0 aliphatic carbocycles. The van der Waals surface area contributed by atoms with Gasteiger partial charge in [0.2, 0.25) is 0 Å². The van der Waals surface area contributed by atoms with E-state index in [1.54, 1.807) is 0 Å². The maximum atomic E-state index is 13.2. The highest BCUT2D eigenvalue weighted by Gasteiger charge is 2.08. The molecule has 0 radical (unpaired) electrons. The average molecular weight is 309 g/mol. The first-order valence-electron chi connectivity index (χ1n) is 6.87. The predicted octanol–water partition coefficient (Wildman–Crippen LogP) is 4.29. The first-order chi connectivity index (χ1) is 10.1. The van der Waals surface area contributed by atoms with E-state index in [-0.39, 0.29) is 0 Å². The second-order valence-electron chi connectivity index (χ2n) is 4.47. The number of hydrogen-bond donors (Lipinski definition) is 1. The van der Waals surface area contributed by atoms with Crippen LogP contribution in [-0.4, -0.2) is 16.5 Å². The molecule has 3 nitrogen and oxygen atoms in total. The average Bonchev–Trinajstić information content (AvgIpc) is 2.48. The molecule has 2 rings (SSSR count). The lowest BCUT2D eigenvalue weighted by molar-refractivity contribution is 0.506. The van der Waals surface area contributed by atoms with Crippen LogP contribution in [0.3, 0.4) is 0 Å². The maximum absolute atomic E-state index is 13.2. The lowest BCUT2D eigenvalue weighted by Crippen LogP contribution is -2.05. The highest BCUT2D eigenvalue weighted by atomic mass is 32.2. The van der Waals surface area contributed by atoms with Crippen molar-refractivity contribution in [1.29, 1.82) is 0 Å². The first-order valence-corrected chi connectivity index (χ1v) is 7.68. The molecule has 0 amide bonds. The van der Waals surface area contributed by atoms with E-state index >= 15 is 0 Å². The molecule has 0 aliphatic rings. The van der Waals surface area contributed by atoms with Gasteiger partial charge in [-0.25, -0.2) is 18.7 Å². The Balaban J connectivity index is 2.23. The number of benzene rings is 1. The Morgan fingerprint density at radius 1 is 1.10 bits per heavy atom. The smallest absolute Gasteiger partial charge is 0.159 e. The highest BCUT2D eigenvalue weighted by molar-refractivity contribution is 7.99. The molecule has 0 fully saturated rings. The van der Waals surface area contributed by atoms with Crippen molar-refractivity contribution in [2.45, 2.75) is 36.6 Å². The van der Waals surface area contributed by atoms with Crippen molar-refractivity contribution in [3.05, 3.63) is 41.7 Å². The van der Waals surface area contributed by atoms with Gasteiger partial charge in [0.15, 0.2) is 11.6 Å². The Hall–Kier alpha value is -1.69. The lowest BCUT2D eigenvalue weighted by Gasteiger charge is -2.08. The molecule has 0 saturated heterocycles. The fraction of sp³-hybridized carbons (Fsp3) is 0.333. The van der Waals surface area contributed by atoms with Gasteiger partial charge in [-0.3, -0.25) is 0 Å². The Kier molecular flexibility index (Phi) is 5.50. The SMILES string of the molecule is CCCNc1cc(Sc2ccc(F)c(F)c2)nc(CC)n1. The van der Waals surface area contributed by atoms with Crippen LogP contribution in [0.5, 0.6) is 0 Å². The Morgan fingerprint density at radius 3 is 2.57 bits per heavy atom. The molecule has 0 bridgehead atoms. The molecule has 1 aromatic carbocycles. The molecule has 112 valence electrons. The van der Waals surface area contributed by atoms with E-state index in [1.807, 2.05) is 13.0 Å². The predicted molar refractivity (Wildman–Crippen MR) is 80.7 cm³/mol. The van der Waals surface area contributed by atoms with Crippen molar-refractivity contribution in [2.75, 3.05) is 11.9 Å². The molecule has 0 saturated carbocycles. The molecule has 0 aliphatic heterocycles. The summed E-state index contributed by atoms with van der Waals surface area (Å²) in [5.41, 5.74) is 0. The van der Waals surface area contributed by atoms with Gasteiger partial charge in [-0.15, -0.1) is 0 Å². The molecular formula is C15H17F2N3S. The topological polar surface area (TPSA) is 37.8 Å². The third kappa shape index (κ3) is 4.39. The third-order valence-corrected chi connectivity index (χ3v) is 3.64. The Morgan fingerprint density at radius 2 is 1.90 bits per heavy atom. The molecule has 6 heteroatoms. The maximum Gasteiger partial charge on any atom is 0.159 e. The number of aromatic nitrogens is 2. The number of rotatable bonds is 6. The van der Waals surface area contributed by atoms with E-state index in [9.17, 15) is 8.78 Å². The summed E-state index contributed by atoms with van der Waals surface area (Å²) in [6, 6.07) is 5.65. The molecular weight excluding hydrogens is 292 g/mol. The summed E-state index contributed by atoms with van der Waals surface area (Å²) in [6.07, 6.45) is 1.71. The number of aryl methyl sites for hydroxylation is 1. The van der Waals surface area contributed by atoms with Crippen molar-refractivity contribution < 1.29 is 8.78 Å². The fourth-order valence-electron chi connectivity index (χ4n) is 1.69. The van der Waals surface area contributed by atoms with Crippen molar-refractivity contribution in [2.24, 2.45) is 0 Å². The lowest BCUT2D eigenvalue weighted by atomic mass is 10.3. The quantitative estimate of drug-likeness (QED) is 0.808. The van der Waals surface area contributed by atoms with E-state index in [1.165, 1.54) is 23.9 Å². The number of nitrogens with one attached hydrogen (secondary N) is 1. The minimum absolute atomic E-state index is 0.607. The van der Waals surface area contributed by atoms with E-state index in [0.717, 1.165) is 30.7 Å². The fourth-order valence-corrected chi connectivity index (χ4v) is 2.55. The van der Waals surface area contributed by atoms with Crippen molar-refractivity contribution in [3.8, 4) is 0 Å². The summed E-state index contributed by atoms with van der Waals surface area (Å²) < 4.78 is 26.2. The minimum atomic E-state index is -0.853. The van der Waals surface area contributed by atoms with Crippen LogP contribution in [0.4, 0.5) is 14.6 Å². The van der Waals surface area contributed by atoms with E-state index < -0.39 is 11.6 Å². The Labute approximate surface area is 127 Å². The van der Waals surface area contributed by atoms with Crippen LogP contribution in [0, 0.1) is 11.6 Å². The summed E-state index contributed by atoms with van der Waals surface area (Å²) >= 11 is 1.29. The number of anilines is 1. The number of halogens is 2. The van der Waals surface area contributed by atoms with Crippen LogP contribution < -0.4 is 5.32 Å². The monoisotopic (exact) mass is 309 g/mol. The van der Waals surface area contributed by atoms with Gasteiger partial charge in [-0.1, -0.05) is 25.6 Å². The molecule has 0 atom stereocenters. The highest BCUT2D eigenvalue weighted by Crippen LogP contribution is 2.28. The van der Waals surface area contributed by atoms with Crippen LogP contribution in [0.15, 0.2) is 34.2 Å². The van der Waals surface area contributed by atoms with Gasteiger partial charge in [-0.2, -0.15) is 0 Å². The summed E-state index contributed by atoms with van der Waals surface area (Å²) in [7, 11) is 0. The third-order valence-electron chi connectivity index (χ3n) is 2.73. The zero-order valence-electron chi connectivity index (χ0n) is 12.0. The minimum Gasteiger partial charge on any atom is -0.370 e. The zero-order chi connectivity index (χ0) is 15.2. The molecule has 1 N–H and O–H groups in total.